The Morgan fingerprint density at radius 2 is 1.88 bits per heavy atom. The van der Waals surface area contributed by atoms with Gasteiger partial charge in [0.1, 0.15) is 0 Å². The molecule has 1 aromatic rings. The lowest BCUT2D eigenvalue weighted by molar-refractivity contribution is -0.142. The van der Waals surface area contributed by atoms with Gasteiger partial charge in [0.05, 0.1) is 6.54 Å². The van der Waals surface area contributed by atoms with Gasteiger partial charge < -0.3 is 9.80 Å². The SMILES string of the molecule is O=C1CCCCN1CC(=O)N1C[C@H]2CC[C@@H](C1)N(Cc1ccccc1)C2. The van der Waals surface area contributed by atoms with E-state index in [-0.39, 0.29) is 18.4 Å². The fraction of sp³-hybridized carbons (Fsp3) is 0.619. The topological polar surface area (TPSA) is 43.9 Å². The van der Waals surface area contributed by atoms with Crippen molar-refractivity contribution in [2.45, 2.75) is 44.7 Å². The molecule has 0 radical (unpaired) electrons. The minimum absolute atomic E-state index is 0.138. The molecular weight excluding hydrogens is 326 g/mol. The minimum atomic E-state index is 0.138. The number of nitrogens with zero attached hydrogens (tertiary/aromatic N) is 3. The Balaban J connectivity index is 1.39. The minimum Gasteiger partial charge on any atom is -0.339 e. The third kappa shape index (κ3) is 3.93. The zero-order valence-corrected chi connectivity index (χ0v) is 15.5. The number of piperidine rings is 2. The summed E-state index contributed by atoms with van der Waals surface area (Å²) in [6.45, 7) is 4.72. The second kappa shape index (κ2) is 7.78. The molecule has 5 heteroatoms. The van der Waals surface area contributed by atoms with Crippen molar-refractivity contribution in [3.63, 3.8) is 0 Å². The van der Waals surface area contributed by atoms with Crippen molar-refractivity contribution in [3.8, 4) is 0 Å². The van der Waals surface area contributed by atoms with Gasteiger partial charge in [-0.15, -0.1) is 0 Å². The zero-order valence-electron chi connectivity index (χ0n) is 15.5. The molecule has 4 saturated heterocycles. The van der Waals surface area contributed by atoms with Crippen molar-refractivity contribution in [1.82, 2.24) is 14.7 Å². The van der Waals surface area contributed by atoms with Crippen molar-refractivity contribution >= 4 is 11.8 Å². The number of hydrogen-bond acceptors (Lipinski definition) is 3. The van der Waals surface area contributed by atoms with E-state index >= 15 is 0 Å². The first-order valence-corrected chi connectivity index (χ1v) is 10.0. The lowest BCUT2D eigenvalue weighted by Gasteiger charge is -2.36. The van der Waals surface area contributed by atoms with Crippen LogP contribution in [0.3, 0.4) is 0 Å². The van der Waals surface area contributed by atoms with Crippen LogP contribution in [0.25, 0.3) is 0 Å². The number of fused-ring (bicyclic) bond motifs is 4. The summed E-state index contributed by atoms with van der Waals surface area (Å²) in [6, 6.07) is 11.1. The van der Waals surface area contributed by atoms with Gasteiger partial charge in [0.2, 0.25) is 11.8 Å². The van der Waals surface area contributed by atoms with Crippen LogP contribution in [0.5, 0.6) is 0 Å². The maximum atomic E-state index is 12.9. The molecule has 2 atom stereocenters. The standard InChI is InChI=1S/C21H29N3O2/c25-20-8-4-5-11-22(20)16-21(26)24-14-18-9-10-19(15-24)23(13-18)12-17-6-2-1-3-7-17/h1-3,6-7,18-19H,4-5,8-16H2/t18-,19-/m0/s1. The van der Waals surface area contributed by atoms with Gasteiger partial charge >= 0.3 is 0 Å². The highest BCUT2D eigenvalue weighted by molar-refractivity contribution is 5.85. The van der Waals surface area contributed by atoms with Gasteiger partial charge in [0, 0.05) is 45.2 Å². The van der Waals surface area contributed by atoms with Crippen LogP contribution in [-0.2, 0) is 16.1 Å². The molecule has 5 nitrogen and oxygen atoms in total. The quantitative estimate of drug-likeness (QED) is 0.831. The Labute approximate surface area is 155 Å². The van der Waals surface area contributed by atoms with Crippen LogP contribution < -0.4 is 0 Å². The predicted octanol–water partition coefficient (Wildman–Crippen LogP) is 2.12. The highest BCUT2D eigenvalue weighted by Gasteiger charge is 2.36. The first-order chi connectivity index (χ1) is 12.7. The van der Waals surface area contributed by atoms with Gasteiger partial charge in [0.15, 0.2) is 0 Å². The summed E-state index contributed by atoms with van der Waals surface area (Å²) < 4.78 is 0. The molecule has 2 bridgehead atoms. The highest BCUT2D eigenvalue weighted by Crippen LogP contribution is 2.29. The number of carbonyl (C=O) groups excluding carboxylic acids is 2. The molecule has 0 N–H and O–H groups in total. The normalized spacial score (nSPS) is 26.8. The van der Waals surface area contributed by atoms with Crippen LogP contribution >= 0.6 is 0 Å². The van der Waals surface area contributed by atoms with Crippen LogP contribution in [0.4, 0.5) is 0 Å². The van der Waals surface area contributed by atoms with Gasteiger partial charge in [-0.05, 0) is 37.2 Å². The highest BCUT2D eigenvalue weighted by atomic mass is 16.2. The van der Waals surface area contributed by atoms with Crippen molar-refractivity contribution in [2.75, 3.05) is 32.7 Å². The van der Waals surface area contributed by atoms with E-state index in [1.807, 2.05) is 4.90 Å². The van der Waals surface area contributed by atoms with Crippen LogP contribution in [0.1, 0.15) is 37.7 Å². The van der Waals surface area contributed by atoms with E-state index in [1.54, 1.807) is 4.90 Å². The van der Waals surface area contributed by atoms with Crippen LogP contribution in [0, 0.1) is 5.92 Å². The van der Waals surface area contributed by atoms with Gasteiger partial charge in [0.25, 0.3) is 0 Å². The van der Waals surface area contributed by atoms with Gasteiger partial charge in [-0.1, -0.05) is 30.3 Å². The monoisotopic (exact) mass is 355 g/mol. The second-order valence-corrected chi connectivity index (χ2v) is 8.08. The zero-order chi connectivity index (χ0) is 17.9. The number of carbonyl (C=O) groups is 2. The number of likely N-dealkylation sites (tertiary alicyclic amines) is 1. The molecule has 1 aromatic carbocycles. The summed E-state index contributed by atoms with van der Waals surface area (Å²) in [7, 11) is 0. The molecule has 0 aliphatic carbocycles. The molecule has 0 spiro atoms. The van der Waals surface area contributed by atoms with Crippen molar-refractivity contribution < 1.29 is 9.59 Å². The van der Waals surface area contributed by atoms with Gasteiger partial charge in [-0.2, -0.15) is 0 Å². The number of hydrogen-bond donors (Lipinski definition) is 0. The number of benzene rings is 1. The van der Waals surface area contributed by atoms with Gasteiger partial charge in [-0.3, -0.25) is 14.5 Å². The fourth-order valence-electron chi connectivity index (χ4n) is 4.69. The molecule has 4 fully saturated rings. The van der Waals surface area contributed by atoms with Crippen molar-refractivity contribution in [2.24, 2.45) is 5.92 Å². The number of rotatable bonds is 4. The van der Waals surface area contributed by atoms with E-state index in [9.17, 15) is 9.59 Å². The summed E-state index contributed by atoms with van der Waals surface area (Å²) in [5, 5.41) is 0. The molecule has 140 valence electrons. The Bertz CT molecular complexity index is 648. The Morgan fingerprint density at radius 3 is 2.69 bits per heavy atom. The molecule has 2 amide bonds. The fourth-order valence-corrected chi connectivity index (χ4v) is 4.69. The Morgan fingerprint density at radius 1 is 1.04 bits per heavy atom. The lowest BCUT2D eigenvalue weighted by atomic mass is 9.94. The molecular formula is C21H29N3O2. The maximum Gasteiger partial charge on any atom is 0.242 e. The Kier molecular flexibility index (Phi) is 5.25. The molecule has 0 saturated carbocycles. The average molecular weight is 355 g/mol. The molecule has 26 heavy (non-hydrogen) atoms. The van der Waals surface area contributed by atoms with E-state index < -0.39 is 0 Å². The molecule has 5 rings (SSSR count). The summed E-state index contributed by atoms with van der Waals surface area (Å²) in [5.41, 5.74) is 1.34. The molecule has 0 aromatic heterocycles. The summed E-state index contributed by atoms with van der Waals surface area (Å²) >= 11 is 0. The van der Waals surface area contributed by atoms with Crippen LogP contribution in [0.15, 0.2) is 30.3 Å². The van der Waals surface area contributed by atoms with E-state index in [1.165, 1.54) is 18.4 Å². The molecule has 4 heterocycles. The van der Waals surface area contributed by atoms with E-state index in [4.69, 9.17) is 0 Å². The van der Waals surface area contributed by atoms with E-state index in [2.05, 4.69) is 35.2 Å². The number of amides is 2. The summed E-state index contributed by atoms with van der Waals surface area (Å²) in [6.07, 6.45) is 4.97. The van der Waals surface area contributed by atoms with Gasteiger partial charge in [-0.25, -0.2) is 0 Å². The molecule has 0 unspecified atom stereocenters. The average Bonchev–Trinajstić information content (AvgIpc) is 2.96. The van der Waals surface area contributed by atoms with Crippen molar-refractivity contribution in [1.29, 1.82) is 0 Å². The van der Waals surface area contributed by atoms with E-state index in [0.717, 1.165) is 45.6 Å². The third-order valence-electron chi connectivity index (χ3n) is 6.16. The third-order valence-corrected chi connectivity index (χ3v) is 6.16. The molecule has 4 aliphatic rings. The lowest BCUT2D eigenvalue weighted by Crippen LogP contribution is -2.47. The van der Waals surface area contributed by atoms with E-state index in [0.29, 0.717) is 18.4 Å². The first-order valence-electron chi connectivity index (χ1n) is 10.0. The first kappa shape index (κ1) is 17.5. The Hall–Kier alpha value is -1.88. The predicted molar refractivity (Wildman–Crippen MR) is 100 cm³/mol. The van der Waals surface area contributed by atoms with Crippen LogP contribution in [-0.4, -0.2) is 65.3 Å². The largest absolute Gasteiger partial charge is 0.339 e. The van der Waals surface area contributed by atoms with Crippen LogP contribution in [0.2, 0.25) is 0 Å². The molecule has 4 aliphatic heterocycles. The maximum absolute atomic E-state index is 12.9. The van der Waals surface area contributed by atoms with Crippen molar-refractivity contribution in [3.05, 3.63) is 35.9 Å². The second-order valence-electron chi connectivity index (χ2n) is 8.08. The smallest absolute Gasteiger partial charge is 0.242 e. The summed E-state index contributed by atoms with van der Waals surface area (Å²) in [4.78, 5) is 31.2. The summed E-state index contributed by atoms with van der Waals surface area (Å²) in [5.74, 6) is 0.838.